The lowest BCUT2D eigenvalue weighted by Gasteiger charge is -2.26. The van der Waals surface area contributed by atoms with Gasteiger partial charge in [0.05, 0.1) is 59.4 Å². The van der Waals surface area contributed by atoms with E-state index in [4.69, 9.17) is 19.6 Å². The van der Waals surface area contributed by atoms with Crippen molar-refractivity contribution in [2.45, 2.75) is 0 Å². The fourth-order valence-electron chi connectivity index (χ4n) is 7.81. The molecule has 0 atom stereocenters. The van der Waals surface area contributed by atoms with Crippen LogP contribution in [-0.2, 0) is 9.59 Å². The largest absolute Gasteiger partial charge is 0.494 e. The normalized spacial score (nSPS) is 10.9. The minimum Gasteiger partial charge on any atom is -0.494 e. The average Bonchev–Trinajstić information content (AvgIpc) is 4.03. The van der Waals surface area contributed by atoms with Crippen molar-refractivity contribution in [3.63, 3.8) is 0 Å². The van der Waals surface area contributed by atoms with Crippen LogP contribution in [-0.4, -0.2) is 175 Å². The summed E-state index contributed by atoms with van der Waals surface area (Å²) in [4.78, 5) is 61.8. The summed E-state index contributed by atoms with van der Waals surface area (Å²) in [6.07, 6.45) is 9.22. The Morgan fingerprint density at radius 2 is 1.04 bits per heavy atom. The van der Waals surface area contributed by atoms with Crippen molar-refractivity contribution >= 4 is 91.5 Å². The summed E-state index contributed by atoms with van der Waals surface area (Å²) < 4.78 is 14.8. The summed E-state index contributed by atoms with van der Waals surface area (Å²) in [5.41, 5.74) is 7.09. The Morgan fingerprint density at radius 3 is 1.47 bits per heavy atom. The lowest BCUT2D eigenvalue weighted by Crippen LogP contribution is -2.29. The number of hydrogen-bond acceptors (Lipinski definition) is 20. The number of nitrogens with zero attached hydrogens (tertiary/aromatic N) is 15. The third kappa shape index (κ3) is 13.3. The zero-order chi connectivity index (χ0) is 55.3. The molecule has 0 saturated heterocycles. The van der Waals surface area contributed by atoms with Crippen LogP contribution in [0.25, 0.3) is 33.7 Å². The van der Waals surface area contributed by atoms with Crippen LogP contribution in [0.4, 0.5) is 57.7 Å². The van der Waals surface area contributed by atoms with Crippen LogP contribution in [0.15, 0.2) is 111 Å². The maximum absolute atomic E-state index is 12.3. The molecular weight excluding hydrogens is 981 g/mol. The van der Waals surface area contributed by atoms with E-state index in [1.807, 2.05) is 97.7 Å². The van der Waals surface area contributed by atoms with E-state index in [-0.39, 0.29) is 11.8 Å². The Labute approximate surface area is 447 Å². The van der Waals surface area contributed by atoms with Gasteiger partial charge in [-0.2, -0.15) is 9.97 Å². The van der Waals surface area contributed by atoms with Crippen molar-refractivity contribution in [2.24, 2.45) is 0 Å². The van der Waals surface area contributed by atoms with Crippen LogP contribution in [0.1, 0.15) is 0 Å². The van der Waals surface area contributed by atoms with Gasteiger partial charge < -0.3 is 60.6 Å². The molecule has 2 amide bonds. The second-order valence-electron chi connectivity index (χ2n) is 18.1. The summed E-state index contributed by atoms with van der Waals surface area (Å²) in [5.74, 6) is 3.66. The summed E-state index contributed by atoms with van der Waals surface area (Å²) in [6, 6.07) is 18.5. The molecule has 0 fully saturated rings. The highest BCUT2D eigenvalue weighted by atomic mass is 16.5. The molecule has 5 N–H and O–H groups in total. The number of pyridine rings is 2. The number of anilines is 10. The molecule has 0 saturated carbocycles. The van der Waals surface area contributed by atoms with Crippen LogP contribution in [0.2, 0.25) is 0 Å². The molecule has 0 aliphatic heterocycles. The zero-order valence-electron chi connectivity index (χ0n) is 45.3. The molecule has 0 bridgehead atoms. The molecule has 6 heterocycles. The Kier molecular flexibility index (Phi) is 18.1. The van der Waals surface area contributed by atoms with E-state index >= 15 is 0 Å². The first-order chi connectivity index (χ1) is 37.0. The third-order valence-corrected chi connectivity index (χ3v) is 11.8. The number of methoxy groups -OCH3 is 2. The van der Waals surface area contributed by atoms with Gasteiger partial charge in [0.2, 0.25) is 23.7 Å². The van der Waals surface area contributed by atoms with E-state index in [0.717, 1.165) is 65.4 Å². The zero-order valence-corrected chi connectivity index (χ0v) is 45.3. The molecule has 402 valence electrons. The first-order valence-corrected chi connectivity index (χ1v) is 24.3. The molecule has 8 aromatic rings. The van der Waals surface area contributed by atoms with Gasteiger partial charge in [0.25, 0.3) is 0 Å². The number of amides is 2. The number of ether oxygens (including phenoxy) is 2. The number of benzene rings is 2. The Morgan fingerprint density at radius 1 is 0.584 bits per heavy atom. The maximum atomic E-state index is 12.3. The second-order valence-corrected chi connectivity index (χ2v) is 18.1. The lowest BCUT2D eigenvalue weighted by atomic mass is 10.2. The van der Waals surface area contributed by atoms with Crippen molar-refractivity contribution < 1.29 is 19.1 Å². The quantitative estimate of drug-likeness (QED) is 0.0469. The topological polar surface area (TPSA) is 242 Å². The molecule has 6 aromatic heterocycles. The van der Waals surface area contributed by atoms with Gasteiger partial charge in [-0.05, 0) is 76.7 Å². The third-order valence-electron chi connectivity index (χ3n) is 11.8. The molecule has 0 spiro atoms. The molecule has 8 rings (SSSR count). The SMILES string of the molecule is C=CC(=O)Nc1cc(Nc2nccc(-n3nc(N(C)C)c4ncccc43)n2)c(OC)cc1N(C)CCN(C)C.C=CC(=O)Nc1cc(Nc2nccc(-n3nc(NC)c4ncccc43)n2)c(OC)cc1N(C)CCN(C)C. The van der Waals surface area contributed by atoms with Crippen molar-refractivity contribution in [1.29, 1.82) is 0 Å². The summed E-state index contributed by atoms with van der Waals surface area (Å²) in [6.45, 7) is 10.3. The smallest absolute Gasteiger partial charge is 0.247 e. The molecule has 2 aromatic carbocycles. The molecule has 0 aliphatic rings. The number of rotatable bonds is 22. The molecule has 0 aliphatic carbocycles. The van der Waals surface area contributed by atoms with Crippen LogP contribution in [0.5, 0.6) is 11.5 Å². The number of hydrogen-bond donors (Lipinski definition) is 5. The van der Waals surface area contributed by atoms with Gasteiger partial charge in [0, 0.05) is 110 Å². The van der Waals surface area contributed by atoms with E-state index in [9.17, 15) is 9.59 Å². The Hall–Kier alpha value is -9.42. The number of nitrogens with one attached hydrogen (secondary N) is 5. The summed E-state index contributed by atoms with van der Waals surface area (Å²) in [7, 11) is 20.8. The highest BCUT2D eigenvalue weighted by Gasteiger charge is 2.21. The van der Waals surface area contributed by atoms with Gasteiger partial charge in [0.15, 0.2) is 23.3 Å². The fraction of sp³-hybridized carbons (Fsp3) is 0.283. The minimum absolute atomic E-state index is 0.317. The fourth-order valence-corrected chi connectivity index (χ4v) is 7.81. The van der Waals surface area contributed by atoms with E-state index in [2.05, 4.69) is 89.4 Å². The van der Waals surface area contributed by atoms with Crippen LogP contribution >= 0.6 is 0 Å². The van der Waals surface area contributed by atoms with E-state index < -0.39 is 0 Å². The predicted octanol–water partition coefficient (Wildman–Crippen LogP) is 6.28. The van der Waals surface area contributed by atoms with Crippen molar-refractivity contribution in [1.82, 2.24) is 59.3 Å². The molecule has 0 unspecified atom stereocenters. The van der Waals surface area contributed by atoms with Gasteiger partial charge in [-0.15, -0.1) is 10.2 Å². The highest BCUT2D eigenvalue weighted by Crippen LogP contribution is 2.40. The number of carbonyl (C=O) groups is 2. The average molecular weight is 1050 g/mol. The van der Waals surface area contributed by atoms with Gasteiger partial charge in [-0.25, -0.2) is 19.3 Å². The van der Waals surface area contributed by atoms with Crippen LogP contribution in [0, 0.1) is 0 Å². The monoisotopic (exact) mass is 1050 g/mol. The number of fused-ring (bicyclic) bond motifs is 2. The minimum atomic E-state index is -0.318. The van der Waals surface area contributed by atoms with Gasteiger partial charge in [0.1, 0.15) is 22.5 Å². The van der Waals surface area contributed by atoms with Crippen molar-refractivity contribution in [2.75, 3.05) is 145 Å². The molecular formula is C53H66N20O4. The van der Waals surface area contributed by atoms with Gasteiger partial charge in [-0.3, -0.25) is 19.6 Å². The standard InChI is InChI=1S/C27H34N10O2.C26H32N10O2/c1-8-24(38)30-18-16-19(22(39-7)17-21(18)36(6)15-14-34(2)3)31-27-29-13-11-23(32-27)37-20-10-9-12-28-25(20)26(33-37)35(4)5;1-7-23(37)30-17-15-18(21(38-6)16-20(17)35(5)14-13-34(3)4)31-26-29-12-10-22(32-26)36-19-9-8-11-28-24(19)25(27-2)33-36/h8-13,16-17H,1,14-15H2,2-7H3,(H,30,38)(H,29,31,32);7-12,15-16H,1,13-14H2,2-6H3,(H,27,33)(H,30,37)(H,29,31,32). The first-order valence-electron chi connectivity index (χ1n) is 24.3. The van der Waals surface area contributed by atoms with E-state index in [1.54, 1.807) is 79.7 Å². The predicted molar refractivity (Wildman–Crippen MR) is 307 cm³/mol. The van der Waals surface area contributed by atoms with E-state index in [0.29, 0.717) is 63.6 Å². The van der Waals surface area contributed by atoms with Gasteiger partial charge >= 0.3 is 0 Å². The molecule has 24 heteroatoms. The van der Waals surface area contributed by atoms with Gasteiger partial charge in [-0.1, -0.05) is 13.2 Å². The van der Waals surface area contributed by atoms with Crippen molar-refractivity contribution in [3.05, 3.63) is 111 Å². The Bertz CT molecular complexity index is 3370. The highest BCUT2D eigenvalue weighted by molar-refractivity contribution is 6.03. The maximum Gasteiger partial charge on any atom is 0.247 e. The molecule has 0 radical (unpaired) electrons. The van der Waals surface area contributed by atoms with Crippen LogP contribution in [0.3, 0.4) is 0 Å². The molecule has 77 heavy (non-hydrogen) atoms. The number of likely N-dealkylation sites (N-methyl/N-ethyl adjacent to an activating group) is 4. The number of carbonyl (C=O) groups excluding carboxylic acids is 2. The Balaban J connectivity index is 0.000000224. The lowest BCUT2D eigenvalue weighted by molar-refractivity contribution is -0.112. The first kappa shape index (κ1) is 55.3. The molecule has 24 nitrogen and oxygen atoms in total. The summed E-state index contributed by atoms with van der Waals surface area (Å²) in [5, 5.41) is 24.7. The second kappa shape index (κ2) is 25.2. The van der Waals surface area contributed by atoms with Crippen LogP contribution < -0.4 is 50.8 Å². The van der Waals surface area contributed by atoms with Crippen molar-refractivity contribution in [3.8, 4) is 23.1 Å². The number of aromatic nitrogens is 10. The summed E-state index contributed by atoms with van der Waals surface area (Å²) >= 11 is 0. The van der Waals surface area contributed by atoms with E-state index in [1.165, 1.54) is 12.2 Å².